The molecule has 0 bridgehead atoms. The van der Waals surface area contributed by atoms with Gasteiger partial charge in [0.05, 0.1) is 11.0 Å². The first-order valence-electron chi connectivity index (χ1n) is 14.3. The summed E-state index contributed by atoms with van der Waals surface area (Å²) >= 11 is 0. The van der Waals surface area contributed by atoms with Gasteiger partial charge in [-0.25, -0.2) is 0 Å². The fraction of sp³-hybridized carbons (Fsp3) is 0. The summed E-state index contributed by atoms with van der Waals surface area (Å²) in [6, 6.07) is 48.3. The van der Waals surface area contributed by atoms with Crippen molar-refractivity contribution in [2.45, 2.75) is 0 Å². The van der Waals surface area contributed by atoms with Crippen LogP contribution in [-0.2, 0) is 0 Å². The Kier molecular flexibility index (Phi) is 4.93. The molecule has 8 aromatic rings. The van der Waals surface area contributed by atoms with Crippen LogP contribution in [0.3, 0.4) is 0 Å². The van der Waals surface area contributed by atoms with Crippen LogP contribution in [-0.4, -0.2) is 9.97 Å². The van der Waals surface area contributed by atoms with Crippen LogP contribution in [0, 0.1) is 0 Å². The molecular formula is C40H24N2. The molecule has 194 valence electrons. The molecule has 2 heterocycles. The van der Waals surface area contributed by atoms with Gasteiger partial charge in [0.2, 0.25) is 0 Å². The predicted molar refractivity (Wildman–Crippen MR) is 175 cm³/mol. The smallest absolute Gasteiger partial charge is 0.0970 e. The Bertz CT molecular complexity index is 2320. The lowest BCUT2D eigenvalue weighted by Gasteiger charge is -2.12. The van der Waals surface area contributed by atoms with Crippen LogP contribution in [0.1, 0.15) is 0 Å². The normalized spacial score (nSPS) is 11.8. The van der Waals surface area contributed by atoms with Gasteiger partial charge < -0.3 is 0 Å². The van der Waals surface area contributed by atoms with E-state index in [1.165, 1.54) is 66.4 Å². The first-order chi connectivity index (χ1) is 20.8. The van der Waals surface area contributed by atoms with E-state index in [-0.39, 0.29) is 0 Å². The molecule has 0 N–H and O–H groups in total. The summed E-state index contributed by atoms with van der Waals surface area (Å²) in [5, 5.41) is 4.88. The van der Waals surface area contributed by atoms with Gasteiger partial charge in [0.25, 0.3) is 0 Å². The topological polar surface area (TPSA) is 25.8 Å². The van der Waals surface area contributed by atoms with Gasteiger partial charge >= 0.3 is 0 Å². The first-order valence-corrected chi connectivity index (χ1v) is 14.3. The average Bonchev–Trinajstić information content (AvgIpc) is 3.40. The van der Waals surface area contributed by atoms with Crippen molar-refractivity contribution in [3.8, 4) is 55.6 Å². The van der Waals surface area contributed by atoms with Crippen LogP contribution in [0.4, 0.5) is 0 Å². The van der Waals surface area contributed by atoms with E-state index in [0.717, 1.165) is 21.8 Å². The van der Waals surface area contributed by atoms with Crippen LogP contribution >= 0.6 is 0 Å². The first kappa shape index (κ1) is 23.1. The highest BCUT2D eigenvalue weighted by Gasteiger charge is 2.22. The number of pyridine rings is 2. The van der Waals surface area contributed by atoms with Crippen LogP contribution < -0.4 is 0 Å². The number of fused-ring (bicyclic) bond motifs is 6. The second kappa shape index (κ2) is 8.95. The van der Waals surface area contributed by atoms with E-state index in [1.807, 2.05) is 24.5 Å². The number of benzene rings is 6. The Morgan fingerprint density at radius 1 is 0.333 bits per heavy atom. The van der Waals surface area contributed by atoms with Crippen molar-refractivity contribution in [1.82, 2.24) is 9.97 Å². The zero-order valence-corrected chi connectivity index (χ0v) is 22.8. The number of nitrogens with zero attached hydrogens (tertiary/aromatic N) is 2. The van der Waals surface area contributed by atoms with Crippen LogP contribution in [0.25, 0.3) is 88.2 Å². The van der Waals surface area contributed by atoms with Gasteiger partial charge in [-0.05, 0) is 90.7 Å². The summed E-state index contributed by atoms with van der Waals surface area (Å²) in [5.74, 6) is 0. The second-order valence-corrected chi connectivity index (χ2v) is 11.0. The molecule has 6 aromatic carbocycles. The van der Waals surface area contributed by atoms with Crippen molar-refractivity contribution >= 4 is 32.6 Å². The molecule has 2 aromatic heterocycles. The molecule has 0 saturated heterocycles. The highest BCUT2D eigenvalue weighted by Crippen LogP contribution is 2.49. The molecule has 0 amide bonds. The Morgan fingerprint density at radius 2 is 0.976 bits per heavy atom. The largest absolute Gasteiger partial charge is 0.254 e. The number of hydrogen-bond donors (Lipinski definition) is 0. The fourth-order valence-corrected chi connectivity index (χ4v) is 6.78. The lowest BCUT2D eigenvalue weighted by molar-refractivity contribution is 1.37. The standard InChI is InChI=1S/C40H24N2/c1-2-11-32-31(10-1)34-13-4-12-33-30(19-20-35(32)38(33)34)28-8-3-7-27(23-28)25-15-17-26(18-16-25)37-24-29-9-5-21-41-39(29)40-36(37)14-6-22-42-40/h1-24H. The van der Waals surface area contributed by atoms with Crippen molar-refractivity contribution in [1.29, 1.82) is 0 Å². The summed E-state index contributed by atoms with van der Waals surface area (Å²) in [4.78, 5) is 9.30. The monoisotopic (exact) mass is 532 g/mol. The summed E-state index contributed by atoms with van der Waals surface area (Å²) < 4.78 is 0. The molecule has 0 aliphatic heterocycles. The molecule has 0 radical (unpaired) electrons. The van der Waals surface area contributed by atoms with E-state index in [2.05, 4.69) is 131 Å². The summed E-state index contributed by atoms with van der Waals surface area (Å²) in [6.45, 7) is 0. The third-order valence-electron chi connectivity index (χ3n) is 8.71. The van der Waals surface area contributed by atoms with E-state index in [0.29, 0.717) is 0 Å². The van der Waals surface area contributed by atoms with Gasteiger partial charge in [-0.2, -0.15) is 0 Å². The molecule has 2 heteroatoms. The van der Waals surface area contributed by atoms with Crippen molar-refractivity contribution in [3.05, 3.63) is 146 Å². The van der Waals surface area contributed by atoms with Crippen molar-refractivity contribution in [2.75, 3.05) is 0 Å². The van der Waals surface area contributed by atoms with Gasteiger partial charge in [0, 0.05) is 23.2 Å². The molecule has 2 nitrogen and oxygen atoms in total. The Labute approximate surface area is 243 Å². The van der Waals surface area contributed by atoms with Gasteiger partial charge in [-0.1, -0.05) is 109 Å². The molecule has 42 heavy (non-hydrogen) atoms. The molecule has 0 saturated carbocycles. The molecule has 9 rings (SSSR count). The van der Waals surface area contributed by atoms with E-state index in [1.54, 1.807) is 0 Å². The molecule has 1 aliphatic carbocycles. The van der Waals surface area contributed by atoms with Gasteiger partial charge in [-0.3, -0.25) is 9.97 Å². The quantitative estimate of drug-likeness (QED) is 0.212. The summed E-state index contributed by atoms with van der Waals surface area (Å²) in [7, 11) is 0. The Hall–Kier alpha value is -5.60. The number of aromatic nitrogens is 2. The molecule has 1 aliphatic rings. The lowest BCUT2D eigenvalue weighted by Crippen LogP contribution is -1.89. The molecule has 0 unspecified atom stereocenters. The summed E-state index contributed by atoms with van der Waals surface area (Å²) in [5.41, 5.74) is 14.5. The third kappa shape index (κ3) is 3.39. The number of hydrogen-bond acceptors (Lipinski definition) is 2. The third-order valence-corrected chi connectivity index (χ3v) is 8.71. The molecule has 0 fully saturated rings. The minimum absolute atomic E-state index is 0.941. The van der Waals surface area contributed by atoms with Crippen LogP contribution in [0.2, 0.25) is 0 Å². The van der Waals surface area contributed by atoms with Crippen molar-refractivity contribution < 1.29 is 0 Å². The van der Waals surface area contributed by atoms with Gasteiger partial charge in [0.1, 0.15) is 0 Å². The van der Waals surface area contributed by atoms with Crippen molar-refractivity contribution in [3.63, 3.8) is 0 Å². The fourth-order valence-electron chi connectivity index (χ4n) is 6.78. The van der Waals surface area contributed by atoms with E-state index >= 15 is 0 Å². The predicted octanol–water partition coefficient (Wildman–Crippen LogP) is 10.6. The average molecular weight is 533 g/mol. The zero-order chi connectivity index (χ0) is 27.6. The minimum Gasteiger partial charge on any atom is -0.254 e. The zero-order valence-electron chi connectivity index (χ0n) is 22.8. The Morgan fingerprint density at radius 3 is 1.83 bits per heavy atom. The van der Waals surface area contributed by atoms with Crippen molar-refractivity contribution in [2.24, 2.45) is 0 Å². The van der Waals surface area contributed by atoms with E-state index in [4.69, 9.17) is 0 Å². The highest BCUT2D eigenvalue weighted by atomic mass is 14.7. The maximum absolute atomic E-state index is 4.68. The number of rotatable bonds is 3. The van der Waals surface area contributed by atoms with Gasteiger partial charge in [0.15, 0.2) is 0 Å². The van der Waals surface area contributed by atoms with E-state index in [9.17, 15) is 0 Å². The maximum atomic E-state index is 4.68. The van der Waals surface area contributed by atoms with Gasteiger partial charge in [-0.15, -0.1) is 0 Å². The maximum Gasteiger partial charge on any atom is 0.0970 e. The SMILES string of the molecule is c1cc(-c2ccc(-c3cc4cccnc4c4ncccc34)cc2)cc(-c2ccc3c4c(cccc24)-c2ccccc2-3)c1. The van der Waals surface area contributed by atoms with E-state index < -0.39 is 0 Å². The lowest BCUT2D eigenvalue weighted by atomic mass is 9.92. The Balaban J connectivity index is 1.13. The second-order valence-electron chi connectivity index (χ2n) is 11.0. The highest BCUT2D eigenvalue weighted by molar-refractivity contribution is 6.18. The minimum atomic E-state index is 0.941. The summed E-state index contributed by atoms with van der Waals surface area (Å²) in [6.07, 6.45) is 3.68. The van der Waals surface area contributed by atoms with Crippen LogP contribution in [0.15, 0.2) is 146 Å². The van der Waals surface area contributed by atoms with Crippen LogP contribution in [0.5, 0.6) is 0 Å². The molecule has 0 atom stereocenters. The molecular weight excluding hydrogens is 508 g/mol. The molecule has 0 spiro atoms.